The molecule has 3 rings (SSSR count). The van der Waals surface area contributed by atoms with Gasteiger partial charge in [0.2, 0.25) is 0 Å². The fourth-order valence-corrected chi connectivity index (χ4v) is 3.16. The Balaban J connectivity index is 2.28. The number of rotatable bonds is 3. The number of aromatic nitrogens is 3. The van der Waals surface area contributed by atoms with Gasteiger partial charge in [0.1, 0.15) is 5.82 Å². The van der Waals surface area contributed by atoms with Crippen LogP contribution in [0.2, 0.25) is 5.02 Å². The van der Waals surface area contributed by atoms with E-state index in [2.05, 4.69) is 10.2 Å². The van der Waals surface area contributed by atoms with Gasteiger partial charge in [-0.2, -0.15) is 0 Å². The Morgan fingerprint density at radius 1 is 1.30 bits per heavy atom. The van der Waals surface area contributed by atoms with Gasteiger partial charge in [-0.3, -0.25) is 4.57 Å². The maximum Gasteiger partial charge on any atom is 0.296 e. The van der Waals surface area contributed by atoms with Crippen LogP contribution in [-0.4, -0.2) is 23.2 Å². The van der Waals surface area contributed by atoms with Crippen LogP contribution in [0, 0.1) is 5.82 Å². The number of hydrogen-bond donors (Lipinski definition) is 0. The quantitative estimate of drug-likeness (QED) is 0.809. The summed E-state index contributed by atoms with van der Waals surface area (Å²) in [5.74, 6) is -0.514. The lowest BCUT2D eigenvalue weighted by atomic mass is 10.2. The zero-order valence-corrected chi connectivity index (χ0v) is 12.3. The molecule has 9 heteroatoms. The van der Waals surface area contributed by atoms with Crippen molar-refractivity contribution in [2.75, 3.05) is 0 Å². The molecule has 1 aromatic heterocycles. The monoisotopic (exact) mass is 335 g/mol. The van der Waals surface area contributed by atoms with Crippen molar-refractivity contribution >= 4 is 31.3 Å². The first kappa shape index (κ1) is 13.8. The Labute approximate surface area is 123 Å². The molecular weight excluding hydrogens is 328 g/mol. The molecule has 0 atom stereocenters. The summed E-state index contributed by atoms with van der Waals surface area (Å²) in [5, 5.41) is 7.09. The van der Waals surface area contributed by atoms with Gasteiger partial charge in [-0.05, 0) is 25.0 Å². The number of benzene rings is 1. The van der Waals surface area contributed by atoms with Crippen LogP contribution in [0.25, 0.3) is 11.4 Å². The molecule has 0 N–H and O–H groups in total. The molecule has 0 saturated heterocycles. The van der Waals surface area contributed by atoms with Gasteiger partial charge in [-0.15, -0.1) is 10.2 Å². The first-order valence-electron chi connectivity index (χ1n) is 5.73. The summed E-state index contributed by atoms with van der Waals surface area (Å²) in [4.78, 5) is 0. The summed E-state index contributed by atoms with van der Waals surface area (Å²) >= 11 is 5.98. The average Bonchev–Trinajstić information content (AvgIpc) is 3.08. The molecule has 1 aromatic carbocycles. The molecule has 0 aliphatic heterocycles. The molecule has 5 nitrogen and oxygen atoms in total. The molecule has 2 aromatic rings. The molecule has 0 unspecified atom stereocenters. The third kappa shape index (κ3) is 2.30. The molecule has 1 fully saturated rings. The summed E-state index contributed by atoms with van der Waals surface area (Å²) in [6, 6.07) is 4.08. The van der Waals surface area contributed by atoms with E-state index >= 15 is 0 Å². The van der Waals surface area contributed by atoms with Gasteiger partial charge in [0.05, 0.1) is 10.6 Å². The van der Waals surface area contributed by atoms with Crippen molar-refractivity contribution in [3.63, 3.8) is 0 Å². The molecule has 1 aliphatic rings. The molecule has 0 spiro atoms. The van der Waals surface area contributed by atoms with E-state index in [9.17, 15) is 12.8 Å². The van der Waals surface area contributed by atoms with Gasteiger partial charge < -0.3 is 0 Å². The maximum absolute atomic E-state index is 14.0. The summed E-state index contributed by atoms with van der Waals surface area (Å²) < 4.78 is 38.3. The predicted molar refractivity (Wildman–Crippen MR) is 71.7 cm³/mol. The fourth-order valence-electron chi connectivity index (χ4n) is 1.99. The lowest BCUT2D eigenvalue weighted by molar-refractivity contribution is 0.577. The molecule has 0 amide bonds. The van der Waals surface area contributed by atoms with Crippen LogP contribution in [0.5, 0.6) is 0 Å². The molecule has 1 saturated carbocycles. The first-order valence-corrected chi connectivity index (χ1v) is 8.42. The minimum Gasteiger partial charge on any atom is -0.294 e. The normalized spacial score (nSPS) is 15.6. The predicted octanol–water partition coefficient (Wildman–Crippen LogP) is 3.00. The fraction of sp³-hybridized carbons (Fsp3) is 0.273. The molecule has 1 aliphatic carbocycles. The van der Waals surface area contributed by atoms with E-state index in [1.54, 1.807) is 0 Å². The molecule has 1 heterocycles. The largest absolute Gasteiger partial charge is 0.296 e. The van der Waals surface area contributed by atoms with Gasteiger partial charge in [-0.1, -0.05) is 17.7 Å². The van der Waals surface area contributed by atoms with E-state index in [4.69, 9.17) is 22.3 Å². The van der Waals surface area contributed by atoms with Crippen molar-refractivity contribution in [2.45, 2.75) is 24.0 Å². The van der Waals surface area contributed by atoms with E-state index in [0.29, 0.717) is 0 Å². The van der Waals surface area contributed by atoms with E-state index < -0.39 is 14.9 Å². The van der Waals surface area contributed by atoms with Crippen molar-refractivity contribution in [3.8, 4) is 11.4 Å². The Morgan fingerprint density at radius 2 is 2.00 bits per heavy atom. The smallest absolute Gasteiger partial charge is 0.294 e. The number of nitrogens with zero attached hydrogens (tertiary/aromatic N) is 3. The van der Waals surface area contributed by atoms with Crippen LogP contribution >= 0.6 is 22.3 Å². The molecule has 0 bridgehead atoms. The highest BCUT2D eigenvalue weighted by Crippen LogP contribution is 2.42. The number of halogens is 3. The van der Waals surface area contributed by atoms with Gasteiger partial charge in [0.25, 0.3) is 14.2 Å². The summed E-state index contributed by atoms with van der Waals surface area (Å²) in [7, 11) is 1.28. The highest BCUT2D eigenvalue weighted by atomic mass is 35.7. The second-order valence-electron chi connectivity index (χ2n) is 4.44. The Kier molecular flexibility index (Phi) is 3.23. The van der Waals surface area contributed by atoms with Crippen LogP contribution in [-0.2, 0) is 9.05 Å². The van der Waals surface area contributed by atoms with Crippen molar-refractivity contribution < 1.29 is 12.8 Å². The van der Waals surface area contributed by atoms with Crippen LogP contribution in [0.1, 0.15) is 18.9 Å². The minimum absolute atomic E-state index is 0.0279. The first-order chi connectivity index (χ1) is 9.39. The molecular formula is C11H8Cl2FN3O2S. The van der Waals surface area contributed by atoms with E-state index in [1.165, 1.54) is 22.8 Å². The van der Waals surface area contributed by atoms with E-state index in [1.807, 2.05) is 0 Å². The zero-order valence-electron chi connectivity index (χ0n) is 9.92. The van der Waals surface area contributed by atoms with Crippen molar-refractivity contribution in [2.24, 2.45) is 0 Å². The van der Waals surface area contributed by atoms with Crippen molar-refractivity contribution in [1.29, 1.82) is 0 Å². The second-order valence-corrected chi connectivity index (χ2v) is 7.31. The second kappa shape index (κ2) is 4.68. The van der Waals surface area contributed by atoms with Crippen LogP contribution in [0.3, 0.4) is 0 Å². The van der Waals surface area contributed by atoms with Crippen LogP contribution in [0.15, 0.2) is 23.4 Å². The zero-order chi connectivity index (χ0) is 14.5. The highest BCUT2D eigenvalue weighted by Gasteiger charge is 2.35. The van der Waals surface area contributed by atoms with Crippen molar-refractivity contribution in [1.82, 2.24) is 14.8 Å². The summed E-state index contributed by atoms with van der Waals surface area (Å²) in [6.07, 6.45) is 1.52. The third-order valence-electron chi connectivity index (χ3n) is 2.98. The Bertz CT molecular complexity index is 767. The number of hydrogen-bond acceptors (Lipinski definition) is 4. The van der Waals surface area contributed by atoms with Crippen LogP contribution < -0.4 is 0 Å². The highest BCUT2D eigenvalue weighted by molar-refractivity contribution is 8.13. The Hall–Kier alpha value is -1.18. The Morgan fingerprint density at radius 3 is 2.55 bits per heavy atom. The van der Waals surface area contributed by atoms with Gasteiger partial charge in [0, 0.05) is 16.7 Å². The minimum atomic E-state index is -4.06. The lowest BCUT2D eigenvalue weighted by Gasteiger charge is -2.09. The van der Waals surface area contributed by atoms with Crippen LogP contribution in [0.4, 0.5) is 4.39 Å². The lowest BCUT2D eigenvalue weighted by Crippen LogP contribution is -2.07. The molecule has 106 valence electrons. The SMILES string of the molecule is O=S(=O)(Cl)c1nnc(-c2c(F)cccc2Cl)n1C1CC1. The topological polar surface area (TPSA) is 64.8 Å². The van der Waals surface area contributed by atoms with Crippen molar-refractivity contribution in [3.05, 3.63) is 29.0 Å². The maximum atomic E-state index is 14.0. The van der Waals surface area contributed by atoms with E-state index in [-0.39, 0.29) is 27.6 Å². The average molecular weight is 336 g/mol. The van der Waals surface area contributed by atoms with Gasteiger partial charge in [0.15, 0.2) is 5.82 Å². The van der Waals surface area contributed by atoms with Gasteiger partial charge in [-0.25, -0.2) is 12.8 Å². The molecule has 20 heavy (non-hydrogen) atoms. The summed E-state index contributed by atoms with van der Waals surface area (Å²) in [5.41, 5.74) is 0.0279. The summed E-state index contributed by atoms with van der Waals surface area (Å²) in [6.45, 7) is 0. The van der Waals surface area contributed by atoms with E-state index in [0.717, 1.165) is 12.8 Å². The third-order valence-corrected chi connectivity index (χ3v) is 4.42. The van der Waals surface area contributed by atoms with Gasteiger partial charge >= 0.3 is 0 Å². The standard InChI is InChI=1S/C11H8Cl2FN3O2S/c12-7-2-1-3-8(14)9(7)10-15-16-11(20(13,18)19)17(10)6-4-5-6/h1-3,6H,4-5H2. The molecule has 0 radical (unpaired) electrons.